The maximum atomic E-state index is 3.58. The van der Waals surface area contributed by atoms with Gasteiger partial charge in [0.1, 0.15) is 0 Å². The number of rotatable bonds is 6. The largest absolute Gasteiger partial charge is 0.308 e. The normalized spacial score (nSPS) is 13.1. The summed E-state index contributed by atoms with van der Waals surface area (Å²) in [5, 5.41) is 3.58. The molecule has 0 bridgehead atoms. The Morgan fingerprint density at radius 2 is 2.27 bits per heavy atom. The van der Waals surface area contributed by atoms with E-state index in [-0.39, 0.29) is 0 Å². The Labute approximate surface area is 117 Å². The van der Waals surface area contributed by atoms with E-state index in [0.717, 1.165) is 11.0 Å². The van der Waals surface area contributed by atoms with Crippen molar-refractivity contribution in [3.8, 4) is 0 Å². The maximum absolute atomic E-state index is 3.58. The molecule has 1 atom stereocenters. The van der Waals surface area contributed by atoms with Gasteiger partial charge in [-0.1, -0.05) is 6.92 Å². The smallest absolute Gasteiger partial charge is 0.0843 e. The lowest BCUT2D eigenvalue weighted by molar-refractivity contribution is 0.544. The predicted molar refractivity (Wildman–Crippen MR) is 79.0 cm³/mol. The summed E-state index contributed by atoms with van der Waals surface area (Å²) in [6.45, 7) is 3.20. The van der Waals surface area contributed by atoms with Crippen molar-refractivity contribution in [3.63, 3.8) is 0 Å². The molecular formula is C10H15Br2NS2. The van der Waals surface area contributed by atoms with Gasteiger partial charge in [0.2, 0.25) is 0 Å². The molecule has 0 fully saturated rings. The molecule has 0 spiro atoms. The minimum Gasteiger partial charge on any atom is -0.308 e. The predicted octanol–water partition coefficient (Wildman–Crippen LogP) is 4.50. The van der Waals surface area contributed by atoms with Gasteiger partial charge in [0, 0.05) is 27.7 Å². The Hall–Kier alpha value is 0.970. The van der Waals surface area contributed by atoms with Crippen LogP contribution in [-0.2, 0) is 6.54 Å². The fraction of sp³-hybridized carbons (Fsp3) is 0.600. The third kappa shape index (κ3) is 4.77. The molecule has 1 N–H and O–H groups in total. The summed E-state index contributed by atoms with van der Waals surface area (Å²) >= 11 is 10.7. The molecule has 0 saturated carbocycles. The molecule has 1 rings (SSSR count). The molecule has 0 aliphatic carbocycles. The Morgan fingerprint density at radius 1 is 1.53 bits per heavy atom. The molecule has 1 heterocycles. The van der Waals surface area contributed by atoms with Crippen molar-refractivity contribution in [3.05, 3.63) is 19.2 Å². The number of thiophene rings is 1. The highest BCUT2D eigenvalue weighted by Gasteiger charge is 2.07. The van der Waals surface area contributed by atoms with E-state index in [2.05, 4.69) is 56.4 Å². The SMILES string of the molecule is CCC(CSC)NCc1cc(Br)c(Br)s1. The van der Waals surface area contributed by atoms with E-state index in [1.165, 1.54) is 20.8 Å². The average molecular weight is 373 g/mol. The fourth-order valence-corrected chi connectivity index (χ4v) is 4.13. The molecule has 0 saturated heterocycles. The summed E-state index contributed by atoms with van der Waals surface area (Å²) in [5.74, 6) is 1.18. The van der Waals surface area contributed by atoms with Gasteiger partial charge in [-0.25, -0.2) is 0 Å². The van der Waals surface area contributed by atoms with Crippen LogP contribution < -0.4 is 5.32 Å². The van der Waals surface area contributed by atoms with Crippen LogP contribution in [0.15, 0.2) is 14.3 Å². The second-order valence-corrected chi connectivity index (χ2v) is 7.50. The summed E-state index contributed by atoms with van der Waals surface area (Å²) in [4.78, 5) is 1.37. The van der Waals surface area contributed by atoms with E-state index in [1.807, 2.05) is 11.8 Å². The zero-order chi connectivity index (χ0) is 11.3. The molecule has 0 aliphatic heterocycles. The molecule has 15 heavy (non-hydrogen) atoms. The Kier molecular flexibility index (Phi) is 6.85. The number of nitrogens with one attached hydrogen (secondary N) is 1. The van der Waals surface area contributed by atoms with Crippen LogP contribution in [0.3, 0.4) is 0 Å². The zero-order valence-electron chi connectivity index (χ0n) is 8.85. The first-order valence-electron chi connectivity index (χ1n) is 4.83. The van der Waals surface area contributed by atoms with Crippen molar-refractivity contribution in [2.45, 2.75) is 25.9 Å². The van der Waals surface area contributed by atoms with Crippen molar-refractivity contribution in [2.75, 3.05) is 12.0 Å². The van der Waals surface area contributed by atoms with E-state index >= 15 is 0 Å². The van der Waals surface area contributed by atoms with Gasteiger partial charge in [-0.3, -0.25) is 0 Å². The molecular weight excluding hydrogens is 358 g/mol. The molecule has 0 amide bonds. The lowest BCUT2D eigenvalue weighted by Gasteiger charge is -2.14. The van der Waals surface area contributed by atoms with Crippen molar-refractivity contribution in [1.29, 1.82) is 0 Å². The highest BCUT2D eigenvalue weighted by Crippen LogP contribution is 2.32. The lowest BCUT2D eigenvalue weighted by Crippen LogP contribution is -2.29. The van der Waals surface area contributed by atoms with Gasteiger partial charge in [0.05, 0.1) is 3.79 Å². The van der Waals surface area contributed by atoms with Crippen molar-refractivity contribution >= 4 is 55.0 Å². The second-order valence-electron chi connectivity index (χ2n) is 3.28. The highest BCUT2D eigenvalue weighted by atomic mass is 79.9. The summed E-state index contributed by atoms with van der Waals surface area (Å²) < 4.78 is 2.33. The maximum Gasteiger partial charge on any atom is 0.0843 e. The van der Waals surface area contributed by atoms with Crippen LogP contribution in [0.25, 0.3) is 0 Å². The third-order valence-corrected chi connectivity index (χ3v) is 6.11. The molecule has 1 aromatic rings. The average Bonchev–Trinajstić information content (AvgIpc) is 2.53. The van der Waals surface area contributed by atoms with Crippen LogP contribution in [0.5, 0.6) is 0 Å². The van der Waals surface area contributed by atoms with E-state index in [1.54, 1.807) is 11.3 Å². The highest BCUT2D eigenvalue weighted by molar-refractivity contribution is 9.13. The third-order valence-electron chi connectivity index (χ3n) is 2.12. The van der Waals surface area contributed by atoms with Crippen molar-refractivity contribution < 1.29 is 0 Å². The van der Waals surface area contributed by atoms with Crippen LogP contribution in [0.2, 0.25) is 0 Å². The molecule has 1 nitrogen and oxygen atoms in total. The number of halogens is 2. The summed E-state index contributed by atoms with van der Waals surface area (Å²) in [7, 11) is 0. The Balaban J connectivity index is 2.41. The minimum absolute atomic E-state index is 0.625. The summed E-state index contributed by atoms with van der Waals surface area (Å²) in [6.07, 6.45) is 3.34. The molecule has 5 heteroatoms. The molecule has 0 aromatic carbocycles. The van der Waals surface area contributed by atoms with E-state index in [9.17, 15) is 0 Å². The topological polar surface area (TPSA) is 12.0 Å². The van der Waals surface area contributed by atoms with Gasteiger partial charge < -0.3 is 5.32 Å². The molecule has 0 aliphatic rings. The van der Waals surface area contributed by atoms with Gasteiger partial charge in [-0.2, -0.15) is 11.8 Å². The first kappa shape index (κ1) is 14.0. The molecule has 86 valence electrons. The lowest BCUT2D eigenvalue weighted by atomic mass is 10.2. The number of hydrogen-bond donors (Lipinski definition) is 1. The van der Waals surface area contributed by atoms with Crippen LogP contribution in [0, 0.1) is 0 Å². The molecule has 0 radical (unpaired) electrons. The minimum atomic E-state index is 0.625. The van der Waals surface area contributed by atoms with Crippen LogP contribution in [-0.4, -0.2) is 18.1 Å². The van der Waals surface area contributed by atoms with E-state index in [0.29, 0.717) is 6.04 Å². The molecule has 1 unspecified atom stereocenters. The van der Waals surface area contributed by atoms with Crippen LogP contribution in [0.4, 0.5) is 0 Å². The van der Waals surface area contributed by atoms with Gasteiger partial charge in [-0.15, -0.1) is 11.3 Å². The van der Waals surface area contributed by atoms with Crippen LogP contribution in [0.1, 0.15) is 18.2 Å². The van der Waals surface area contributed by atoms with Gasteiger partial charge in [0.15, 0.2) is 0 Å². The molecule has 1 aromatic heterocycles. The Morgan fingerprint density at radius 3 is 2.73 bits per heavy atom. The number of thioether (sulfide) groups is 1. The first-order chi connectivity index (χ1) is 7.17. The van der Waals surface area contributed by atoms with Crippen LogP contribution >= 0.6 is 55.0 Å². The zero-order valence-corrected chi connectivity index (χ0v) is 13.7. The standard InChI is InChI=1S/C10H15Br2NS2/c1-3-7(6-14-2)13-5-8-4-9(11)10(12)15-8/h4,7,13H,3,5-6H2,1-2H3. The van der Waals surface area contributed by atoms with Gasteiger partial charge in [0.25, 0.3) is 0 Å². The monoisotopic (exact) mass is 371 g/mol. The van der Waals surface area contributed by atoms with Crippen molar-refractivity contribution in [2.24, 2.45) is 0 Å². The summed E-state index contributed by atoms with van der Waals surface area (Å²) in [6, 6.07) is 2.80. The van der Waals surface area contributed by atoms with Gasteiger partial charge >= 0.3 is 0 Å². The second kappa shape index (κ2) is 7.33. The van der Waals surface area contributed by atoms with E-state index < -0.39 is 0 Å². The Bertz CT molecular complexity index is 282. The van der Waals surface area contributed by atoms with Crippen molar-refractivity contribution in [1.82, 2.24) is 5.32 Å². The number of hydrogen-bond acceptors (Lipinski definition) is 3. The van der Waals surface area contributed by atoms with Gasteiger partial charge in [-0.05, 0) is 50.6 Å². The first-order valence-corrected chi connectivity index (χ1v) is 8.63. The quantitative estimate of drug-likeness (QED) is 0.788. The summed E-state index contributed by atoms with van der Waals surface area (Å²) in [5.41, 5.74) is 0. The fourth-order valence-electron chi connectivity index (χ4n) is 1.25. The van der Waals surface area contributed by atoms with E-state index in [4.69, 9.17) is 0 Å².